The van der Waals surface area contributed by atoms with Gasteiger partial charge in [0.15, 0.2) is 0 Å². The van der Waals surface area contributed by atoms with Crippen molar-refractivity contribution in [3.8, 4) is 11.4 Å². The van der Waals surface area contributed by atoms with Crippen molar-refractivity contribution >= 4 is 23.4 Å². The van der Waals surface area contributed by atoms with Crippen LogP contribution in [0.5, 0.6) is 5.75 Å². The van der Waals surface area contributed by atoms with Crippen LogP contribution in [0.1, 0.15) is 18.3 Å². The number of nitrogens with zero attached hydrogens (tertiary/aromatic N) is 2. The Morgan fingerprint density at radius 2 is 1.77 bits per heavy atom. The number of carbonyl (C=O) groups excluding carboxylic acids is 1. The van der Waals surface area contributed by atoms with Crippen LogP contribution >= 0.6 is 11.8 Å². The van der Waals surface area contributed by atoms with E-state index in [0.29, 0.717) is 0 Å². The topological polar surface area (TPSA) is 67.2 Å². The van der Waals surface area contributed by atoms with Crippen molar-refractivity contribution in [2.45, 2.75) is 30.9 Å². The fourth-order valence-electron chi connectivity index (χ4n) is 2.65. The first-order valence-corrected chi connectivity index (χ1v) is 9.22. The molecule has 1 heterocycles. The van der Waals surface area contributed by atoms with E-state index in [1.165, 1.54) is 11.8 Å². The number of phenols is 1. The SMILES string of the molecule is Cc1nn(-c2ccccc2)c(C)c1NC(=O)[C@H](C)Sc1ccc(O)cc1. The number of hydrogen-bond donors (Lipinski definition) is 2. The molecule has 134 valence electrons. The second kappa shape index (κ2) is 7.66. The molecule has 6 heteroatoms. The maximum Gasteiger partial charge on any atom is 0.237 e. The molecule has 0 fully saturated rings. The van der Waals surface area contributed by atoms with Crippen LogP contribution in [0.25, 0.3) is 5.69 Å². The van der Waals surface area contributed by atoms with Gasteiger partial charge in [-0.15, -0.1) is 11.8 Å². The number of rotatable bonds is 5. The van der Waals surface area contributed by atoms with Gasteiger partial charge < -0.3 is 10.4 Å². The molecule has 1 amide bonds. The van der Waals surface area contributed by atoms with Crippen molar-refractivity contribution in [2.75, 3.05) is 5.32 Å². The van der Waals surface area contributed by atoms with E-state index in [2.05, 4.69) is 10.4 Å². The first-order valence-electron chi connectivity index (χ1n) is 8.34. The number of nitrogens with one attached hydrogen (secondary N) is 1. The summed E-state index contributed by atoms with van der Waals surface area (Å²) in [4.78, 5) is 13.5. The summed E-state index contributed by atoms with van der Waals surface area (Å²) in [5.41, 5.74) is 3.38. The average molecular weight is 367 g/mol. The van der Waals surface area contributed by atoms with Gasteiger partial charge in [-0.2, -0.15) is 5.10 Å². The van der Waals surface area contributed by atoms with Crippen LogP contribution in [0, 0.1) is 13.8 Å². The maximum absolute atomic E-state index is 12.6. The van der Waals surface area contributed by atoms with Gasteiger partial charge in [-0.25, -0.2) is 4.68 Å². The second-order valence-electron chi connectivity index (χ2n) is 6.04. The van der Waals surface area contributed by atoms with Gasteiger partial charge in [0.25, 0.3) is 0 Å². The van der Waals surface area contributed by atoms with E-state index in [1.54, 1.807) is 24.3 Å². The van der Waals surface area contributed by atoms with E-state index >= 15 is 0 Å². The summed E-state index contributed by atoms with van der Waals surface area (Å²) in [5, 5.41) is 16.6. The molecule has 2 aromatic carbocycles. The summed E-state index contributed by atoms with van der Waals surface area (Å²) < 4.78 is 1.84. The lowest BCUT2D eigenvalue weighted by Gasteiger charge is -2.12. The third-order valence-corrected chi connectivity index (χ3v) is 5.17. The quantitative estimate of drug-likeness (QED) is 0.659. The number of amides is 1. The molecule has 5 nitrogen and oxygen atoms in total. The normalized spacial score (nSPS) is 12.0. The third-order valence-electron chi connectivity index (χ3n) is 4.06. The van der Waals surface area contributed by atoms with Crippen LogP contribution < -0.4 is 5.32 Å². The van der Waals surface area contributed by atoms with Crippen molar-refractivity contribution in [1.29, 1.82) is 0 Å². The minimum atomic E-state index is -0.279. The summed E-state index contributed by atoms with van der Waals surface area (Å²) in [6, 6.07) is 16.7. The van der Waals surface area contributed by atoms with Crippen LogP contribution in [0.15, 0.2) is 59.5 Å². The Kier molecular flexibility index (Phi) is 5.32. The lowest BCUT2D eigenvalue weighted by molar-refractivity contribution is -0.115. The molecular formula is C20H21N3O2S. The Balaban J connectivity index is 1.75. The fraction of sp³-hybridized carbons (Fsp3) is 0.200. The molecule has 0 aliphatic heterocycles. The monoisotopic (exact) mass is 367 g/mol. The first-order chi connectivity index (χ1) is 12.5. The van der Waals surface area contributed by atoms with E-state index < -0.39 is 0 Å². The summed E-state index contributed by atoms with van der Waals surface area (Å²) in [6.07, 6.45) is 0. The van der Waals surface area contributed by atoms with E-state index in [4.69, 9.17) is 0 Å². The molecule has 1 aromatic heterocycles. The van der Waals surface area contributed by atoms with Crippen molar-refractivity contribution < 1.29 is 9.90 Å². The van der Waals surface area contributed by atoms with Crippen LogP contribution in [-0.2, 0) is 4.79 Å². The zero-order valence-electron chi connectivity index (χ0n) is 14.9. The van der Waals surface area contributed by atoms with Crippen LogP contribution in [0.2, 0.25) is 0 Å². The number of aryl methyl sites for hydroxylation is 1. The molecule has 0 spiro atoms. The van der Waals surface area contributed by atoms with Gasteiger partial charge >= 0.3 is 0 Å². The van der Waals surface area contributed by atoms with Crippen LogP contribution in [0.4, 0.5) is 5.69 Å². The molecule has 0 bridgehead atoms. The highest BCUT2D eigenvalue weighted by Gasteiger charge is 2.19. The number of carbonyl (C=O) groups is 1. The van der Waals surface area contributed by atoms with Crippen molar-refractivity contribution in [1.82, 2.24) is 9.78 Å². The lowest BCUT2D eigenvalue weighted by atomic mass is 10.3. The van der Waals surface area contributed by atoms with Gasteiger partial charge in [0.1, 0.15) is 5.75 Å². The Hall–Kier alpha value is -2.73. The van der Waals surface area contributed by atoms with Crippen LogP contribution in [0.3, 0.4) is 0 Å². The molecular weight excluding hydrogens is 346 g/mol. The van der Waals surface area contributed by atoms with Gasteiger partial charge in [-0.3, -0.25) is 4.79 Å². The van der Waals surface area contributed by atoms with Gasteiger partial charge in [0.05, 0.1) is 28.0 Å². The number of thioether (sulfide) groups is 1. The lowest BCUT2D eigenvalue weighted by Crippen LogP contribution is -2.23. The zero-order valence-corrected chi connectivity index (χ0v) is 15.7. The van der Waals surface area contributed by atoms with E-state index in [1.807, 2.05) is 55.8 Å². The first kappa shape index (κ1) is 18.1. The molecule has 0 saturated heterocycles. The summed E-state index contributed by atoms with van der Waals surface area (Å²) >= 11 is 1.44. The van der Waals surface area contributed by atoms with E-state index in [9.17, 15) is 9.90 Å². The number of benzene rings is 2. The van der Waals surface area contributed by atoms with Gasteiger partial charge in [0.2, 0.25) is 5.91 Å². The van der Waals surface area contributed by atoms with Crippen molar-refractivity contribution in [3.63, 3.8) is 0 Å². The molecule has 0 aliphatic rings. The molecule has 1 atom stereocenters. The van der Waals surface area contributed by atoms with Crippen molar-refractivity contribution in [2.24, 2.45) is 0 Å². The van der Waals surface area contributed by atoms with E-state index in [-0.39, 0.29) is 16.9 Å². The number of aromatic hydroxyl groups is 1. The minimum absolute atomic E-state index is 0.0816. The van der Waals surface area contributed by atoms with E-state index in [0.717, 1.165) is 27.7 Å². The molecule has 0 unspecified atom stereocenters. The number of phenolic OH excluding ortho intramolecular Hbond substituents is 1. The highest BCUT2D eigenvalue weighted by atomic mass is 32.2. The number of aromatic nitrogens is 2. The average Bonchev–Trinajstić information content (AvgIpc) is 2.92. The Morgan fingerprint density at radius 3 is 2.42 bits per heavy atom. The summed E-state index contributed by atoms with van der Waals surface area (Å²) in [7, 11) is 0. The highest BCUT2D eigenvalue weighted by molar-refractivity contribution is 8.00. The Labute approximate surface area is 157 Å². The predicted molar refractivity (Wildman–Crippen MR) is 105 cm³/mol. The molecule has 26 heavy (non-hydrogen) atoms. The highest BCUT2D eigenvalue weighted by Crippen LogP contribution is 2.27. The van der Waals surface area contributed by atoms with Crippen molar-refractivity contribution in [3.05, 3.63) is 66.0 Å². The standard InChI is InChI=1S/C20H21N3O2S/c1-13-19(14(2)23(22-13)16-7-5-4-6-8-16)21-20(25)15(3)26-18-11-9-17(24)10-12-18/h4-12,15,24H,1-3H3,(H,21,25)/t15-/m0/s1. The predicted octanol–water partition coefficient (Wildman–Crippen LogP) is 4.31. The second-order valence-corrected chi connectivity index (χ2v) is 7.45. The fourth-order valence-corrected chi connectivity index (χ4v) is 3.52. The molecule has 0 radical (unpaired) electrons. The minimum Gasteiger partial charge on any atom is -0.508 e. The summed E-state index contributed by atoms with van der Waals surface area (Å²) in [6.45, 7) is 5.69. The molecule has 2 N–H and O–H groups in total. The van der Waals surface area contributed by atoms with Gasteiger partial charge in [0, 0.05) is 4.90 Å². The van der Waals surface area contributed by atoms with Gasteiger partial charge in [-0.1, -0.05) is 18.2 Å². The number of anilines is 1. The Bertz CT molecular complexity index is 905. The molecule has 3 aromatic rings. The third kappa shape index (κ3) is 3.91. The molecule has 3 rings (SSSR count). The zero-order chi connectivity index (χ0) is 18.7. The maximum atomic E-state index is 12.6. The van der Waals surface area contributed by atoms with Crippen LogP contribution in [-0.4, -0.2) is 26.0 Å². The smallest absolute Gasteiger partial charge is 0.237 e. The number of hydrogen-bond acceptors (Lipinski definition) is 4. The molecule has 0 aliphatic carbocycles. The van der Waals surface area contributed by atoms with Gasteiger partial charge in [-0.05, 0) is 57.2 Å². The Morgan fingerprint density at radius 1 is 1.12 bits per heavy atom. The number of para-hydroxylation sites is 1. The largest absolute Gasteiger partial charge is 0.508 e. The summed E-state index contributed by atoms with van der Waals surface area (Å²) in [5.74, 6) is 0.132. The molecule has 0 saturated carbocycles.